The van der Waals surface area contributed by atoms with Crippen molar-refractivity contribution in [3.05, 3.63) is 12.3 Å². The summed E-state index contributed by atoms with van der Waals surface area (Å²) in [5.41, 5.74) is 5.71. The van der Waals surface area contributed by atoms with Gasteiger partial charge < -0.3 is 15.8 Å². The van der Waals surface area contributed by atoms with Crippen LogP contribution in [0, 0.1) is 0 Å². The van der Waals surface area contributed by atoms with E-state index in [2.05, 4.69) is 36.1 Å². The first-order valence-electron chi connectivity index (χ1n) is 6.63. The van der Waals surface area contributed by atoms with Crippen LogP contribution >= 0.6 is 0 Å². The summed E-state index contributed by atoms with van der Waals surface area (Å²) < 4.78 is 5.49. The zero-order valence-corrected chi connectivity index (χ0v) is 11.6. The first-order valence-corrected chi connectivity index (χ1v) is 6.63. The molecular formula is C13H24N4O. The zero-order chi connectivity index (χ0) is 13.4. The highest BCUT2D eigenvalue weighted by molar-refractivity contribution is 5.31. The number of hydrogen-bond acceptors (Lipinski definition) is 5. The number of anilines is 1. The maximum absolute atomic E-state index is 5.85. The predicted molar refractivity (Wildman–Crippen MR) is 73.8 cm³/mol. The highest BCUT2D eigenvalue weighted by atomic mass is 16.5. The number of ether oxygens (including phenoxy) is 1. The third-order valence-electron chi connectivity index (χ3n) is 3.21. The van der Waals surface area contributed by atoms with Crippen LogP contribution in [0.1, 0.15) is 40.0 Å². The second kappa shape index (κ2) is 7.16. The average Bonchev–Trinajstić information content (AvgIpc) is 2.43. The maximum Gasteiger partial charge on any atom is 0.226 e. The number of nitrogens with zero attached hydrogens (tertiary/aromatic N) is 2. The monoisotopic (exact) mass is 252 g/mol. The molecule has 5 heteroatoms. The Morgan fingerprint density at radius 3 is 2.61 bits per heavy atom. The van der Waals surface area contributed by atoms with Gasteiger partial charge in [-0.15, -0.1) is 0 Å². The number of rotatable bonds is 8. The lowest BCUT2D eigenvalue weighted by molar-refractivity contribution is 0.304. The van der Waals surface area contributed by atoms with Crippen molar-refractivity contribution in [1.29, 1.82) is 0 Å². The Balaban J connectivity index is 2.77. The second-order valence-electron chi connectivity index (χ2n) is 4.38. The van der Waals surface area contributed by atoms with Gasteiger partial charge in [-0.25, -0.2) is 4.98 Å². The fraction of sp³-hybridized carbons (Fsp3) is 0.692. The van der Waals surface area contributed by atoms with Crippen molar-refractivity contribution in [2.75, 3.05) is 18.5 Å². The molecule has 0 amide bonds. The minimum Gasteiger partial charge on any atom is -0.478 e. The summed E-state index contributed by atoms with van der Waals surface area (Å²) in [7, 11) is 0. The molecule has 0 unspecified atom stereocenters. The molecule has 1 heterocycles. The van der Waals surface area contributed by atoms with Crippen LogP contribution in [0.2, 0.25) is 0 Å². The maximum atomic E-state index is 5.85. The Hall–Kier alpha value is -1.36. The number of aromatic nitrogens is 2. The van der Waals surface area contributed by atoms with Crippen LogP contribution in [-0.2, 0) is 0 Å². The van der Waals surface area contributed by atoms with Gasteiger partial charge >= 0.3 is 0 Å². The van der Waals surface area contributed by atoms with Crippen molar-refractivity contribution in [3.8, 4) is 5.88 Å². The fourth-order valence-electron chi connectivity index (χ4n) is 1.69. The van der Waals surface area contributed by atoms with Gasteiger partial charge in [0.25, 0.3) is 0 Å². The largest absolute Gasteiger partial charge is 0.478 e. The van der Waals surface area contributed by atoms with Crippen LogP contribution < -0.4 is 15.8 Å². The van der Waals surface area contributed by atoms with Crippen LogP contribution in [0.4, 0.5) is 5.95 Å². The summed E-state index contributed by atoms with van der Waals surface area (Å²) in [6, 6.07) is 1.77. The Morgan fingerprint density at radius 2 is 2.06 bits per heavy atom. The normalized spacial score (nSPS) is 11.3. The quantitative estimate of drug-likeness (QED) is 0.742. The summed E-state index contributed by atoms with van der Waals surface area (Å²) in [5.74, 6) is 1.19. The molecule has 0 saturated carbocycles. The molecule has 0 radical (unpaired) electrons. The third kappa shape index (κ3) is 3.84. The Labute approximate surface area is 109 Å². The molecule has 1 rings (SSSR count). The predicted octanol–water partition coefficient (Wildman–Crippen LogP) is 2.19. The van der Waals surface area contributed by atoms with E-state index in [0.717, 1.165) is 19.3 Å². The molecule has 0 aliphatic rings. The summed E-state index contributed by atoms with van der Waals surface area (Å²) in [6.45, 7) is 7.51. The van der Waals surface area contributed by atoms with Gasteiger partial charge in [-0.05, 0) is 19.3 Å². The minimum atomic E-state index is -0.136. The van der Waals surface area contributed by atoms with E-state index in [0.29, 0.717) is 25.0 Å². The molecule has 1 aromatic rings. The smallest absolute Gasteiger partial charge is 0.226 e. The highest BCUT2D eigenvalue weighted by Gasteiger charge is 2.24. The van der Waals surface area contributed by atoms with Gasteiger partial charge in [0.2, 0.25) is 11.8 Å². The minimum absolute atomic E-state index is 0.136. The van der Waals surface area contributed by atoms with E-state index in [1.54, 1.807) is 12.3 Å². The number of hydrogen-bond donors (Lipinski definition) is 2. The van der Waals surface area contributed by atoms with Crippen molar-refractivity contribution >= 4 is 5.95 Å². The van der Waals surface area contributed by atoms with E-state index in [1.165, 1.54) is 0 Å². The molecule has 0 fully saturated rings. The van der Waals surface area contributed by atoms with E-state index in [4.69, 9.17) is 10.5 Å². The molecule has 0 aromatic carbocycles. The van der Waals surface area contributed by atoms with Crippen molar-refractivity contribution in [3.63, 3.8) is 0 Å². The Morgan fingerprint density at radius 1 is 1.33 bits per heavy atom. The van der Waals surface area contributed by atoms with Crippen molar-refractivity contribution in [2.45, 2.75) is 45.6 Å². The lowest BCUT2D eigenvalue weighted by atomic mass is 9.93. The zero-order valence-electron chi connectivity index (χ0n) is 11.6. The molecule has 1 aromatic heterocycles. The van der Waals surface area contributed by atoms with Gasteiger partial charge in [-0.2, -0.15) is 4.98 Å². The van der Waals surface area contributed by atoms with Crippen LogP contribution in [0.5, 0.6) is 5.88 Å². The fourth-order valence-corrected chi connectivity index (χ4v) is 1.69. The second-order valence-corrected chi connectivity index (χ2v) is 4.38. The van der Waals surface area contributed by atoms with Gasteiger partial charge in [0.15, 0.2) is 0 Å². The van der Waals surface area contributed by atoms with Crippen LogP contribution in [-0.4, -0.2) is 28.7 Å². The molecule has 18 heavy (non-hydrogen) atoms. The van der Waals surface area contributed by atoms with Crippen molar-refractivity contribution in [1.82, 2.24) is 9.97 Å². The standard InChI is InChI=1S/C13H24N4O/c1-4-9-18-11-7-8-15-12(16-11)17-13(5-2,6-3)10-14/h7-8H,4-6,9-10,14H2,1-3H3,(H,15,16,17). The lowest BCUT2D eigenvalue weighted by Gasteiger charge is -2.31. The lowest BCUT2D eigenvalue weighted by Crippen LogP contribution is -2.44. The summed E-state index contributed by atoms with van der Waals surface area (Å²) in [4.78, 5) is 8.56. The molecule has 0 bridgehead atoms. The molecule has 0 aliphatic heterocycles. The van der Waals surface area contributed by atoms with Gasteiger partial charge in [0.1, 0.15) is 0 Å². The molecule has 3 N–H and O–H groups in total. The first-order chi connectivity index (χ1) is 8.69. The van der Waals surface area contributed by atoms with E-state index >= 15 is 0 Å². The van der Waals surface area contributed by atoms with Crippen LogP contribution in [0.25, 0.3) is 0 Å². The Bertz CT molecular complexity index is 344. The van der Waals surface area contributed by atoms with E-state index < -0.39 is 0 Å². The third-order valence-corrected chi connectivity index (χ3v) is 3.21. The van der Waals surface area contributed by atoms with Gasteiger partial charge in [-0.1, -0.05) is 20.8 Å². The average molecular weight is 252 g/mol. The van der Waals surface area contributed by atoms with E-state index in [1.807, 2.05) is 0 Å². The van der Waals surface area contributed by atoms with E-state index in [-0.39, 0.29) is 5.54 Å². The summed E-state index contributed by atoms with van der Waals surface area (Å²) in [6.07, 6.45) is 4.53. The van der Waals surface area contributed by atoms with Crippen molar-refractivity contribution in [2.24, 2.45) is 5.73 Å². The summed E-state index contributed by atoms with van der Waals surface area (Å²) in [5, 5.41) is 3.33. The molecule has 0 atom stereocenters. The van der Waals surface area contributed by atoms with Crippen LogP contribution in [0.3, 0.4) is 0 Å². The van der Waals surface area contributed by atoms with Crippen molar-refractivity contribution < 1.29 is 4.74 Å². The van der Waals surface area contributed by atoms with Gasteiger partial charge in [-0.3, -0.25) is 0 Å². The number of nitrogens with two attached hydrogens (primary N) is 1. The van der Waals surface area contributed by atoms with Gasteiger partial charge in [0.05, 0.1) is 12.1 Å². The molecule has 0 aliphatic carbocycles. The molecular weight excluding hydrogens is 228 g/mol. The Kier molecular flexibility index (Phi) is 5.85. The molecule has 102 valence electrons. The highest BCUT2D eigenvalue weighted by Crippen LogP contribution is 2.19. The molecule has 0 saturated heterocycles. The first kappa shape index (κ1) is 14.7. The number of nitrogens with one attached hydrogen (secondary N) is 1. The van der Waals surface area contributed by atoms with Crippen LogP contribution in [0.15, 0.2) is 12.3 Å². The van der Waals surface area contributed by atoms with E-state index in [9.17, 15) is 0 Å². The molecule has 5 nitrogen and oxygen atoms in total. The summed E-state index contributed by atoms with van der Waals surface area (Å²) >= 11 is 0. The topological polar surface area (TPSA) is 73.1 Å². The SMILES string of the molecule is CCCOc1ccnc(NC(CC)(CC)CN)n1. The van der Waals surface area contributed by atoms with Gasteiger partial charge in [0, 0.05) is 18.8 Å². The molecule has 0 spiro atoms.